The van der Waals surface area contributed by atoms with E-state index in [4.69, 9.17) is 5.26 Å². The molecule has 1 aliphatic heterocycles. The first-order valence-corrected chi connectivity index (χ1v) is 7.26. The molecule has 2 rings (SSSR count). The fourth-order valence-corrected chi connectivity index (χ4v) is 2.49. The summed E-state index contributed by atoms with van der Waals surface area (Å²) >= 11 is 0. The molecular formula is C15H12F6N4O. The lowest BCUT2D eigenvalue weighted by molar-refractivity contribution is -0.139. The SMILES string of the molecule is CC1(C(=O)Nc2ccc(C#N)c(C(F)(F)F)c2)CC(CC(F)(F)F)N=N1. The van der Waals surface area contributed by atoms with Crippen LogP contribution in [0.1, 0.15) is 30.9 Å². The second-order valence-electron chi connectivity index (χ2n) is 5.99. The van der Waals surface area contributed by atoms with Crippen molar-refractivity contribution in [1.82, 2.24) is 0 Å². The lowest BCUT2D eigenvalue weighted by atomic mass is 9.93. The Bertz CT molecular complexity index is 780. The van der Waals surface area contributed by atoms with Gasteiger partial charge in [-0.25, -0.2) is 0 Å². The van der Waals surface area contributed by atoms with Crippen LogP contribution < -0.4 is 5.32 Å². The Balaban J connectivity index is 2.16. The van der Waals surface area contributed by atoms with Crippen LogP contribution >= 0.6 is 0 Å². The van der Waals surface area contributed by atoms with E-state index in [1.54, 1.807) is 0 Å². The zero-order valence-corrected chi connectivity index (χ0v) is 13.2. The van der Waals surface area contributed by atoms with E-state index in [2.05, 4.69) is 15.5 Å². The van der Waals surface area contributed by atoms with Gasteiger partial charge in [0.25, 0.3) is 5.91 Å². The average molecular weight is 378 g/mol. The molecule has 0 saturated heterocycles. The number of hydrogen-bond donors (Lipinski definition) is 1. The number of halogens is 6. The van der Waals surface area contributed by atoms with Gasteiger partial charge in [0, 0.05) is 12.1 Å². The Hall–Kier alpha value is -2.64. The molecule has 0 aliphatic carbocycles. The maximum Gasteiger partial charge on any atom is 0.417 e. The number of carbonyl (C=O) groups is 1. The molecule has 1 aromatic carbocycles. The Morgan fingerprint density at radius 3 is 2.54 bits per heavy atom. The van der Waals surface area contributed by atoms with Gasteiger partial charge in [0.05, 0.1) is 29.7 Å². The highest BCUT2D eigenvalue weighted by Crippen LogP contribution is 2.36. The first kappa shape index (κ1) is 19.7. The molecule has 1 amide bonds. The van der Waals surface area contributed by atoms with Crippen molar-refractivity contribution in [2.45, 2.75) is 43.7 Å². The van der Waals surface area contributed by atoms with Crippen molar-refractivity contribution in [3.8, 4) is 6.07 Å². The molecule has 1 heterocycles. The van der Waals surface area contributed by atoms with Crippen molar-refractivity contribution in [2.24, 2.45) is 10.2 Å². The van der Waals surface area contributed by atoms with Gasteiger partial charge in [-0.2, -0.15) is 41.8 Å². The third-order valence-electron chi connectivity index (χ3n) is 3.73. The number of azo groups is 1. The molecule has 1 N–H and O–H groups in total. The molecule has 26 heavy (non-hydrogen) atoms. The van der Waals surface area contributed by atoms with Crippen LogP contribution in [0.15, 0.2) is 28.4 Å². The van der Waals surface area contributed by atoms with E-state index in [0.717, 1.165) is 12.1 Å². The highest BCUT2D eigenvalue weighted by atomic mass is 19.4. The maximum atomic E-state index is 12.9. The summed E-state index contributed by atoms with van der Waals surface area (Å²) in [6.07, 6.45) is -10.8. The standard InChI is InChI=1S/C15H12F6N4O/c1-13(5-10(24-25-13)6-14(16,17)18)12(26)23-9-3-2-8(7-22)11(4-9)15(19,20)21/h2-4,10H,5-6H2,1H3,(H,23,26). The lowest BCUT2D eigenvalue weighted by Crippen LogP contribution is -2.38. The van der Waals surface area contributed by atoms with Crippen molar-refractivity contribution >= 4 is 11.6 Å². The molecule has 1 aliphatic rings. The minimum absolute atomic E-state index is 0.253. The van der Waals surface area contributed by atoms with Gasteiger partial charge < -0.3 is 5.32 Å². The second kappa shape index (κ2) is 6.59. The van der Waals surface area contributed by atoms with Crippen LogP contribution in [0.25, 0.3) is 0 Å². The summed E-state index contributed by atoms with van der Waals surface area (Å²) < 4.78 is 76.0. The lowest BCUT2D eigenvalue weighted by Gasteiger charge is -2.20. The number of anilines is 1. The smallest absolute Gasteiger partial charge is 0.324 e. The zero-order chi connectivity index (χ0) is 19.8. The summed E-state index contributed by atoms with van der Waals surface area (Å²) in [6.45, 7) is 1.25. The van der Waals surface area contributed by atoms with Gasteiger partial charge in [-0.3, -0.25) is 4.79 Å². The summed E-state index contributed by atoms with van der Waals surface area (Å²) in [6, 6.07) is 2.74. The van der Waals surface area contributed by atoms with E-state index in [1.807, 2.05) is 0 Å². The van der Waals surface area contributed by atoms with Gasteiger partial charge in [0.2, 0.25) is 0 Å². The van der Waals surface area contributed by atoms with Gasteiger partial charge in [0.1, 0.15) is 0 Å². The maximum absolute atomic E-state index is 12.9. The first-order valence-electron chi connectivity index (χ1n) is 7.26. The molecule has 0 aromatic heterocycles. The van der Waals surface area contributed by atoms with Gasteiger partial charge in [-0.15, -0.1) is 0 Å². The van der Waals surface area contributed by atoms with E-state index in [-0.39, 0.29) is 12.1 Å². The van der Waals surface area contributed by atoms with E-state index >= 15 is 0 Å². The molecule has 140 valence electrons. The Labute approximate surface area is 143 Å². The largest absolute Gasteiger partial charge is 0.417 e. The second-order valence-corrected chi connectivity index (χ2v) is 5.99. The molecule has 0 radical (unpaired) electrons. The minimum atomic E-state index is -4.80. The number of nitrogens with zero attached hydrogens (tertiary/aromatic N) is 3. The Kier molecular flexibility index (Phi) is 4.98. The van der Waals surface area contributed by atoms with E-state index < -0.39 is 47.4 Å². The number of nitrogens with one attached hydrogen (secondary N) is 1. The molecule has 0 bridgehead atoms. The van der Waals surface area contributed by atoms with Crippen molar-refractivity contribution in [2.75, 3.05) is 5.32 Å². The summed E-state index contributed by atoms with van der Waals surface area (Å²) in [4.78, 5) is 12.3. The average Bonchev–Trinajstić information content (AvgIpc) is 2.86. The van der Waals surface area contributed by atoms with Crippen LogP contribution in [0.4, 0.5) is 32.0 Å². The van der Waals surface area contributed by atoms with Crippen LogP contribution in [0.3, 0.4) is 0 Å². The molecule has 0 spiro atoms. The number of benzene rings is 1. The molecule has 2 unspecified atom stereocenters. The van der Waals surface area contributed by atoms with Crippen LogP contribution in [0.5, 0.6) is 0 Å². The monoisotopic (exact) mass is 378 g/mol. The summed E-state index contributed by atoms with van der Waals surface area (Å²) in [5.74, 6) is -0.885. The predicted octanol–water partition coefficient (Wildman–Crippen LogP) is 4.45. The molecule has 0 fully saturated rings. The fraction of sp³-hybridized carbons (Fsp3) is 0.467. The van der Waals surface area contributed by atoms with Crippen LogP contribution in [-0.4, -0.2) is 23.7 Å². The van der Waals surface area contributed by atoms with Gasteiger partial charge in [-0.05, 0) is 25.1 Å². The normalized spacial score (nSPS) is 22.9. The highest BCUT2D eigenvalue weighted by molar-refractivity contribution is 5.98. The summed E-state index contributed by atoms with van der Waals surface area (Å²) in [5.41, 5.74) is -3.72. The number of alkyl halides is 6. The number of rotatable bonds is 3. The molecule has 5 nitrogen and oxygen atoms in total. The van der Waals surface area contributed by atoms with Crippen molar-refractivity contribution in [3.05, 3.63) is 29.3 Å². The van der Waals surface area contributed by atoms with Gasteiger partial charge in [0.15, 0.2) is 5.54 Å². The van der Waals surface area contributed by atoms with Crippen LogP contribution in [-0.2, 0) is 11.0 Å². The Morgan fingerprint density at radius 1 is 1.35 bits per heavy atom. The molecule has 2 atom stereocenters. The van der Waals surface area contributed by atoms with Crippen LogP contribution in [0.2, 0.25) is 0 Å². The predicted molar refractivity (Wildman–Crippen MR) is 77.1 cm³/mol. The van der Waals surface area contributed by atoms with E-state index in [0.29, 0.717) is 6.07 Å². The highest BCUT2D eigenvalue weighted by Gasteiger charge is 2.44. The molecule has 1 aromatic rings. The summed E-state index contributed by atoms with van der Waals surface area (Å²) in [7, 11) is 0. The third kappa shape index (κ3) is 4.50. The minimum Gasteiger partial charge on any atom is -0.324 e. The number of amides is 1. The first-order chi connectivity index (χ1) is 11.8. The number of hydrogen-bond acceptors (Lipinski definition) is 4. The van der Waals surface area contributed by atoms with Gasteiger partial charge >= 0.3 is 12.4 Å². The zero-order valence-electron chi connectivity index (χ0n) is 13.2. The molecular weight excluding hydrogens is 366 g/mol. The van der Waals surface area contributed by atoms with E-state index in [9.17, 15) is 31.1 Å². The quantitative estimate of drug-likeness (QED) is 0.789. The molecule has 0 saturated carbocycles. The fourth-order valence-electron chi connectivity index (χ4n) is 2.49. The number of nitriles is 1. The van der Waals surface area contributed by atoms with Crippen LogP contribution in [0, 0.1) is 11.3 Å². The Morgan fingerprint density at radius 2 is 2.00 bits per heavy atom. The van der Waals surface area contributed by atoms with Gasteiger partial charge in [-0.1, -0.05) is 0 Å². The van der Waals surface area contributed by atoms with Crippen molar-refractivity contribution in [1.29, 1.82) is 5.26 Å². The van der Waals surface area contributed by atoms with Crippen molar-refractivity contribution in [3.63, 3.8) is 0 Å². The van der Waals surface area contributed by atoms with E-state index in [1.165, 1.54) is 13.0 Å². The summed E-state index contributed by atoms with van der Waals surface area (Å²) in [5, 5.41) is 17.9. The van der Waals surface area contributed by atoms with Crippen molar-refractivity contribution < 1.29 is 31.1 Å². The number of carbonyl (C=O) groups excluding carboxylic acids is 1. The molecule has 11 heteroatoms. The topological polar surface area (TPSA) is 77.6 Å². The third-order valence-corrected chi connectivity index (χ3v) is 3.73.